The van der Waals surface area contributed by atoms with Crippen molar-refractivity contribution in [1.82, 2.24) is 9.80 Å². The molecule has 1 saturated carbocycles. The van der Waals surface area contributed by atoms with Crippen LogP contribution in [-0.4, -0.2) is 85.5 Å². The van der Waals surface area contributed by atoms with Crippen molar-refractivity contribution in [3.63, 3.8) is 0 Å². The number of benzene rings is 1. The summed E-state index contributed by atoms with van der Waals surface area (Å²) in [7, 11) is 5.05. The zero-order valence-electron chi connectivity index (χ0n) is 19.3. The van der Waals surface area contributed by atoms with E-state index in [9.17, 15) is 0 Å². The molecule has 32 heavy (non-hydrogen) atoms. The highest BCUT2D eigenvalue weighted by atomic mass is 16.5. The van der Waals surface area contributed by atoms with Gasteiger partial charge in [-0.15, -0.1) is 0 Å². The number of aliphatic carboxylic acids is 2. The highest BCUT2D eigenvalue weighted by Gasteiger charge is 2.25. The lowest BCUT2D eigenvalue weighted by Crippen LogP contribution is -2.49. The molecule has 3 rings (SSSR count). The number of piperazine rings is 1. The van der Waals surface area contributed by atoms with Gasteiger partial charge in [0.05, 0.1) is 21.3 Å². The van der Waals surface area contributed by atoms with Gasteiger partial charge in [-0.3, -0.25) is 9.80 Å². The van der Waals surface area contributed by atoms with Gasteiger partial charge >= 0.3 is 11.9 Å². The first-order chi connectivity index (χ1) is 15.4. The second-order valence-electron chi connectivity index (χ2n) is 8.09. The van der Waals surface area contributed by atoms with Crippen molar-refractivity contribution in [2.75, 3.05) is 47.5 Å². The Morgan fingerprint density at radius 2 is 1.31 bits per heavy atom. The highest BCUT2D eigenvalue weighted by molar-refractivity contribution is 6.27. The van der Waals surface area contributed by atoms with Gasteiger partial charge in [0, 0.05) is 50.4 Å². The summed E-state index contributed by atoms with van der Waals surface area (Å²) in [5, 5.41) is 14.8. The van der Waals surface area contributed by atoms with Gasteiger partial charge in [-0.2, -0.15) is 0 Å². The van der Waals surface area contributed by atoms with Crippen LogP contribution in [0.5, 0.6) is 17.2 Å². The second-order valence-corrected chi connectivity index (χ2v) is 8.09. The first-order valence-electron chi connectivity index (χ1n) is 11.1. The fraction of sp³-hybridized carbons (Fsp3) is 0.652. The SMILES string of the molecule is COc1cc(OC)c(OC)cc1CN1CCN(C2CCCCCC2)CC1.O=C(O)C(=O)O. The van der Waals surface area contributed by atoms with E-state index in [0.29, 0.717) is 5.75 Å². The van der Waals surface area contributed by atoms with Crippen LogP contribution in [0.3, 0.4) is 0 Å². The summed E-state index contributed by atoms with van der Waals surface area (Å²) in [6, 6.07) is 4.79. The summed E-state index contributed by atoms with van der Waals surface area (Å²) in [4.78, 5) is 23.5. The van der Waals surface area contributed by atoms with Crippen LogP contribution in [0.2, 0.25) is 0 Å². The molecule has 1 aromatic rings. The van der Waals surface area contributed by atoms with E-state index in [0.717, 1.165) is 42.7 Å². The maximum Gasteiger partial charge on any atom is 0.414 e. The molecule has 0 atom stereocenters. The number of hydrogen-bond acceptors (Lipinski definition) is 7. The molecule has 1 saturated heterocycles. The first-order valence-corrected chi connectivity index (χ1v) is 11.1. The standard InChI is InChI=1S/C21H34N2O3.C2H2O4/c1-24-19-15-21(26-3)20(25-2)14-17(19)16-22-10-12-23(13-11-22)18-8-6-4-5-7-9-18;3-1(4)2(5)6/h14-15,18H,4-13,16H2,1-3H3;(H,3,4)(H,5,6). The molecule has 2 aliphatic rings. The number of hydrogen-bond donors (Lipinski definition) is 2. The van der Waals surface area contributed by atoms with E-state index in [2.05, 4.69) is 15.9 Å². The van der Waals surface area contributed by atoms with E-state index in [-0.39, 0.29) is 0 Å². The molecule has 180 valence electrons. The Morgan fingerprint density at radius 3 is 1.78 bits per heavy atom. The minimum Gasteiger partial charge on any atom is -0.496 e. The van der Waals surface area contributed by atoms with E-state index >= 15 is 0 Å². The Balaban J connectivity index is 0.000000534. The number of ether oxygens (including phenoxy) is 3. The maximum absolute atomic E-state index is 9.10. The van der Waals surface area contributed by atoms with Gasteiger partial charge in [0.1, 0.15) is 5.75 Å². The second kappa shape index (κ2) is 13.1. The van der Waals surface area contributed by atoms with Crippen LogP contribution in [-0.2, 0) is 16.1 Å². The Labute approximate surface area is 189 Å². The van der Waals surface area contributed by atoms with Crippen molar-refractivity contribution >= 4 is 11.9 Å². The van der Waals surface area contributed by atoms with Crippen molar-refractivity contribution in [2.45, 2.75) is 51.1 Å². The molecule has 0 unspecified atom stereocenters. The van der Waals surface area contributed by atoms with Crippen LogP contribution in [0.1, 0.15) is 44.1 Å². The molecule has 0 spiro atoms. The number of methoxy groups -OCH3 is 3. The topological polar surface area (TPSA) is 109 Å². The zero-order valence-corrected chi connectivity index (χ0v) is 19.3. The van der Waals surface area contributed by atoms with Crippen LogP contribution in [0.25, 0.3) is 0 Å². The molecule has 1 aliphatic heterocycles. The maximum atomic E-state index is 9.10. The van der Waals surface area contributed by atoms with Gasteiger partial charge in [0.25, 0.3) is 0 Å². The highest BCUT2D eigenvalue weighted by Crippen LogP contribution is 2.35. The summed E-state index contributed by atoms with van der Waals surface area (Å²) in [5.41, 5.74) is 1.16. The number of rotatable bonds is 6. The Bertz CT molecular complexity index is 728. The predicted molar refractivity (Wildman–Crippen MR) is 120 cm³/mol. The number of carbonyl (C=O) groups is 2. The largest absolute Gasteiger partial charge is 0.496 e. The van der Waals surface area contributed by atoms with Gasteiger partial charge in [0.15, 0.2) is 11.5 Å². The number of nitrogens with zero attached hydrogens (tertiary/aromatic N) is 2. The summed E-state index contributed by atoms with van der Waals surface area (Å²) in [6.45, 7) is 5.49. The van der Waals surface area contributed by atoms with Crippen molar-refractivity contribution in [3.8, 4) is 17.2 Å². The van der Waals surface area contributed by atoms with Crippen LogP contribution >= 0.6 is 0 Å². The van der Waals surface area contributed by atoms with E-state index in [4.69, 9.17) is 34.0 Å². The lowest BCUT2D eigenvalue weighted by Gasteiger charge is -2.39. The van der Waals surface area contributed by atoms with Gasteiger partial charge in [0.2, 0.25) is 0 Å². The molecule has 1 aliphatic carbocycles. The van der Waals surface area contributed by atoms with Crippen LogP contribution in [0, 0.1) is 0 Å². The summed E-state index contributed by atoms with van der Waals surface area (Å²) in [5.74, 6) is -1.30. The predicted octanol–water partition coefficient (Wildman–Crippen LogP) is 2.71. The van der Waals surface area contributed by atoms with Gasteiger partial charge < -0.3 is 24.4 Å². The molecular weight excluding hydrogens is 416 g/mol. The summed E-state index contributed by atoms with van der Waals surface area (Å²) in [6.07, 6.45) is 8.46. The van der Waals surface area contributed by atoms with Crippen LogP contribution in [0.4, 0.5) is 0 Å². The van der Waals surface area contributed by atoms with Gasteiger partial charge in [-0.1, -0.05) is 25.7 Å². The molecule has 0 aromatic heterocycles. The van der Waals surface area contributed by atoms with E-state index in [1.54, 1.807) is 21.3 Å². The third-order valence-electron chi connectivity index (χ3n) is 6.11. The van der Waals surface area contributed by atoms with Crippen molar-refractivity contribution < 1.29 is 34.0 Å². The van der Waals surface area contributed by atoms with Crippen molar-refractivity contribution in [3.05, 3.63) is 17.7 Å². The average Bonchev–Trinajstić information content (AvgIpc) is 3.09. The minimum absolute atomic E-state index is 0.714. The summed E-state index contributed by atoms with van der Waals surface area (Å²) < 4.78 is 16.4. The third kappa shape index (κ3) is 7.56. The molecule has 1 aromatic carbocycles. The fourth-order valence-electron chi connectivity index (χ4n) is 4.37. The van der Waals surface area contributed by atoms with E-state index in [1.165, 1.54) is 51.6 Å². The molecule has 2 fully saturated rings. The lowest BCUT2D eigenvalue weighted by atomic mass is 10.1. The quantitative estimate of drug-likeness (QED) is 0.497. The Kier molecular flexibility index (Phi) is 10.6. The molecule has 0 amide bonds. The van der Waals surface area contributed by atoms with E-state index < -0.39 is 11.9 Å². The molecule has 1 heterocycles. The zero-order chi connectivity index (χ0) is 23.5. The van der Waals surface area contributed by atoms with Crippen molar-refractivity contribution in [1.29, 1.82) is 0 Å². The molecule has 2 N–H and O–H groups in total. The van der Waals surface area contributed by atoms with Crippen LogP contribution < -0.4 is 14.2 Å². The van der Waals surface area contributed by atoms with Crippen LogP contribution in [0.15, 0.2) is 12.1 Å². The average molecular weight is 453 g/mol. The lowest BCUT2D eigenvalue weighted by molar-refractivity contribution is -0.159. The fourth-order valence-corrected chi connectivity index (χ4v) is 4.37. The van der Waals surface area contributed by atoms with E-state index in [1.807, 2.05) is 6.07 Å². The monoisotopic (exact) mass is 452 g/mol. The molecule has 9 heteroatoms. The normalized spacial score (nSPS) is 18.1. The van der Waals surface area contributed by atoms with Gasteiger partial charge in [-0.25, -0.2) is 9.59 Å². The number of carboxylic acid groups (broad SMARTS) is 2. The summed E-state index contributed by atoms with van der Waals surface area (Å²) >= 11 is 0. The molecule has 9 nitrogen and oxygen atoms in total. The van der Waals surface area contributed by atoms with Crippen molar-refractivity contribution in [2.24, 2.45) is 0 Å². The first kappa shape index (κ1) is 25.7. The smallest absolute Gasteiger partial charge is 0.414 e. The number of carboxylic acids is 2. The Morgan fingerprint density at radius 1 is 0.812 bits per heavy atom. The third-order valence-corrected chi connectivity index (χ3v) is 6.11. The molecule has 0 bridgehead atoms. The molecule has 0 radical (unpaired) electrons. The minimum atomic E-state index is -1.82. The Hall–Kier alpha value is -2.52. The van der Waals surface area contributed by atoms with Gasteiger partial charge in [-0.05, 0) is 18.9 Å². The molecular formula is C23H36N2O7.